The third kappa shape index (κ3) is 4.46. The molecular weight excluding hydrogens is 417 g/mol. The minimum absolute atomic E-state index is 0.0309. The van der Waals surface area contributed by atoms with E-state index in [1.807, 2.05) is 0 Å². The summed E-state index contributed by atoms with van der Waals surface area (Å²) in [6, 6.07) is 3.14. The molecule has 0 radical (unpaired) electrons. The predicted octanol–water partition coefficient (Wildman–Crippen LogP) is 1.91. The number of nitrogens with zero attached hydrogens (tertiary/aromatic N) is 3. The molecule has 0 N–H and O–H groups in total. The van der Waals surface area contributed by atoms with Gasteiger partial charge in [-0.05, 0) is 37.5 Å². The van der Waals surface area contributed by atoms with Gasteiger partial charge in [0.05, 0.1) is 5.02 Å². The summed E-state index contributed by atoms with van der Waals surface area (Å²) in [5, 5.41) is -0.183. The minimum Gasteiger partial charge on any atom is -0.207 e. The molecule has 0 spiro atoms. The van der Waals surface area contributed by atoms with Crippen molar-refractivity contribution in [3.63, 3.8) is 0 Å². The zero-order valence-electron chi connectivity index (χ0n) is 14.9. The molecule has 7 nitrogen and oxygen atoms in total. The van der Waals surface area contributed by atoms with E-state index in [0.717, 1.165) is 37.5 Å². The van der Waals surface area contributed by atoms with E-state index >= 15 is 0 Å². The first-order valence-corrected chi connectivity index (χ1v) is 12.1. The SMILES string of the molecule is O=S(=O)(c1ccc(F)cc1Cl)N1CCCN(S(=O)(=O)N2CCCCC2)CC1. The van der Waals surface area contributed by atoms with Gasteiger partial charge in [0.15, 0.2) is 0 Å². The maximum Gasteiger partial charge on any atom is 0.282 e. The first-order chi connectivity index (χ1) is 12.7. The van der Waals surface area contributed by atoms with Crippen LogP contribution in [0.2, 0.25) is 5.02 Å². The van der Waals surface area contributed by atoms with Gasteiger partial charge in [-0.2, -0.15) is 21.3 Å². The zero-order valence-corrected chi connectivity index (χ0v) is 17.2. The van der Waals surface area contributed by atoms with Crippen LogP contribution in [0.1, 0.15) is 25.7 Å². The number of hydrogen-bond acceptors (Lipinski definition) is 4. The van der Waals surface area contributed by atoms with Gasteiger partial charge < -0.3 is 0 Å². The highest BCUT2D eigenvalue weighted by atomic mass is 35.5. The molecule has 2 saturated heterocycles. The Morgan fingerprint density at radius 3 is 2.00 bits per heavy atom. The van der Waals surface area contributed by atoms with Gasteiger partial charge in [-0.25, -0.2) is 12.8 Å². The van der Waals surface area contributed by atoms with Crippen LogP contribution in [-0.2, 0) is 20.2 Å². The number of halogens is 2. The van der Waals surface area contributed by atoms with Crippen LogP contribution in [-0.4, -0.2) is 69.0 Å². The highest BCUT2D eigenvalue weighted by molar-refractivity contribution is 7.89. The number of rotatable bonds is 4. The normalized spacial score (nSPS) is 21.9. The molecule has 2 fully saturated rings. The Bertz CT molecular complexity index is 889. The van der Waals surface area contributed by atoms with E-state index in [-0.39, 0.29) is 36.1 Å². The van der Waals surface area contributed by atoms with E-state index in [2.05, 4.69) is 0 Å². The topological polar surface area (TPSA) is 78.0 Å². The van der Waals surface area contributed by atoms with Crippen LogP contribution in [0.4, 0.5) is 4.39 Å². The molecule has 0 aromatic heterocycles. The molecule has 0 atom stereocenters. The molecule has 0 unspecified atom stereocenters. The monoisotopic (exact) mass is 439 g/mol. The van der Waals surface area contributed by atoms with Gasteiger partial charge in [0.2, 0.25) is 10.0 Å². The van der Waals surface area contributed by atoms with Crippen LogP contribution >= 0.6 is 11.6 Å². The summed E-state index contributed by atoms with van der Waals surface area (Å²) < 4.78 is 68.7. The third-order valence-corrected chi connectivity index (χ3v) is 9.31. The molecule has 2 heterocycles. The van der Waals surface area contributed by atoms with Crippen LogP contribution in [0.3, 0.4) is 0 Å². The lowest BCUT2D eigenvalue weighted by Crippen LogP contribution is -2.47. The summed E-state index contributed by atoms with van der Waals surface area (Å²) in [6.07, 6.45) is 3.09. The van der Waals surface area contributed by atoms with Crippen LogP contribution in [0.25, 0.3) is 0 Å². The van der Waals surface area contributed by atoms with Gasteiger partial charge >= 0.3 is 0 Å². The molecule has 2 aliphatic rings. The fourth-order valence-electron chi connectivity index (χ4n) is 3.42. The standard InChI is InChI=1S/C16H23ClFN3O4S2/c17-15-13-14(18)5-6-16(15)26(22,23)19-9-4-10-21(12-11-19)27(24,25)20-7-2-1-3-8-20/h5-6,13H,1-4,7-12H2. The lowest BCUT2D eigenvalue weighted by molar-refractivity contribution is 0.305. The number of benzene rings is 1. The second kappa shape index (κ2) is 8.30. The van der Waals surface area contributed by atoms with Crippen LogP contribution in [0, 0.1) is 5.82 Å². The Morgan fingerprint density at radius 2 is 1.33 bits per heavy atom. The van der Waals surface area contributed by atoms with Gasteiger partial charge in [0.25, 0.3) is 10.2 Å². The van der Waals surface area contributed by atoms with Gasteiger partial charge in [-0.1, -0.05) is 18.0 Å². The van der Waals surface area contributed by atoms with Crippen molar-refractivity contribution < 1.29 is 21.2 Å². The van der Waals surface area contributed by atoms with Crippen molar-refractivity contribution in [1.82, 2.24) is 12.9 Å². The highest BCUT2D eigenvalue weighted by Gasteiger charge is 2.35. The van der Waals surface area contributed by atoms with Crippen molar-refractivity contribution in [2.75, 3.05) is 39.3 Å². The summed E-state index contributed by atoms with van der Waals surface area (Å²) in [5.74, 6) is -0.617. The number of piperidine rings is 1. The smallest absolute Gasteiger partial charge is 0.207 e. The average molecular weight is 440 g/mol. The van der Waals surface area contributed by atoms with Gasteiger partial charge in [-0.3, -0.25) is 0 Å². The summed E-state index contributed by atoms with van der Waals surface area (Å²) in [5.41, 5.74) is 0. The summed E-state index contributed by atoms with van der Waals surface area (Å²) in [6.45, 7) is 1.57. The van der Waals surface area contributed by atoms with E-state index in [1.54, 1.807) is 0 Å². The number of sulfonamides is 1. The molecule has 1 aromatic carbocycles. The van der Waals surface area contributed by atoms with Crippen molar-refractivity contribution >= 4 is 31.8 Å². The highest BCUT2D eigenvalue weighted by Crippen LogP contribution is 2.27. The lowest BCUT2D eigenvalue weighted by atomic mass is 10.2. The Labute approximate surface area is 164 Å². The average Bonchev–Trinajstić information content (AvgIpc) is 2.89. The van der Waals surface area contributed by atoms with E-state index in [1.165, 1.54) is 12.9 Å². The minimum atomic E-state index is -3.93. The summed E-state index contributed by atoms with van der Waals surface area (Å²) in [4.78, 5) is -0.169. The Hall–Kier alpha value is -0.780. The predicted molar refractivity (Wildman–Crippen MR) is 101 cm³/mol. The van der Waals surface area contributed by atoms with Crippen molar-refractivity contribution in [3.8, 4) is 0 Å². The molecule has 0 bridgehead atoms. The van der Waals surface area contributed by atoms with E-state index in [4.69, 9.17) is 11.6 Å². The fraction of sp³-hybridized carbons (Fsp3) is 0.625. The Kier molecular flexibility index (Phi) is 6.44. The van der Waals surface area contributed by atoms with Gasteiger partial charge in [0.1, 0.15) is 10.7 Å². The molecule has 2 aliphatic heterocycles. The Morgan fingerprint density at radius 1 is 0.778 bits per heavy atom. The van der Waals surface area contributed by atoms with Crippen LogP contribution < -0.4 is 0 Å². The first kappa shape index (κ1) is 20.9. The van der Waals surface area contributed by atoms with E-state index in [0.29, 0.717) is 19.5 Å². The van der Waals surface area contributed by atoms with Crippen molar-refractivity contribution in [2.45, 2.75) is 30.6 Å². The molecule has 27 heavy (non-hydrogen) atoms. The third-order valence-electron chi connectivity index (χ3n) is 4.89. The van der Waals surface area contributed by atoms with Crippen molar-refractivity contribution in [2.24, 2.45) is 0 Å². The van der Waals surface area contributed by atoms with E-state index in [9.17, 15) is 21.2 Å². The van der Waals surface area contributed by atoms with Crippen molar-refractivity contribution in [3.05, 3.63) is 29.0 Å². The molecule has 152 valence electrons. The zero-order chi connectivity index (χ0) is 19.7. The molecule has 0 aliphatic carbocycles. The summed E-state index contributed by atoms with van der Waals surface area (Å²) >= 11 is 5.92. The van der Waals surface area contributed by atoms with Crippen molar-refractivity contribution in [1.29, 1.82) is 0 Å². The van der Waals surface area contributed by atoms with Crippen LogP contribution in [0.5, 0.6) is 0 Å². The lowest BCUT2D eigenvalue weighted by Gasteiger charge is -2.31. The van der Waals surface area contributed by atoms with Gasteiger partial charge in [0, 0.05) is 39.3 Å². The first-order valence-electron chi connectivity index (χ1n) is 8.93. The molecule has 3 rings (SSSR count). The van der Waals surface area contributed by atoms with Gasteiger partial charge in [-0.15, -0.1) is 0 Å². The fourth-order valence-corrected chi connectivity index (χ4v) is 7.12. The molecular formula is C16H23ClFN3O4S2. The quantitative estimate of drug-likeness (QED) is 0.717. The molecule has 0 saturated carbocycles. The molecule has 0 amide bonds. The number of hydrogen-bond donors (Lipinski definition) is 0. The van der Waals surface area contributed by atoms with Crippen LogP contribution in [0.15, 0.2) is 23.1 Å². The second-order valence-electron chi connectivity index (χ2n) is 6.70. The Balaban J connectivity index is 1.76. The van der Waals surface area contributed by atoms with E-state index < -0.39 is 26.0 Å². The maximum absolute atomic E-state index is 13.2. The maximum atomic E-state index is 13.2. The molecule has 11 heteroatoms. The largest absolute Gasteiger partial charge is 0.282 e. The second-order valence-corrected chi connectivity index (χ2v) is 10.9. The summed E-state index contributed by atoms with van der Waals surface area (Å²) in [7, 11) is -7.51. The molecule has 1 aromatic rings.